The number of ether oxygens (including phenoxy) is 1. The minimum absolute atomic E-state index is 0.0395. The molecule has 0 amide bonds. The van der Waals surface area contributed by atoms with E-state index in [2.05, 4.69) is 10.6 Å². The average Bonchev–Trinajstić information content (AvgIpc) is 2.35. The molecule has 5 heteroatoms. The minimum Gasteiger partial charge on any atom is -0.385 e. The van der Waals surface area contributed by atoms with Gasteiger partial charge in [-0.2, -0.15) is 0 Å². The number of carbonyl (C=O) groups excluding carboxylic acids is 1. The van der Waals surface area contributed by atoms with Crippen LogP contribution in [-0.2, 0) is 4.74 Å². The van der Waals surface area contributed by atoms with Crippen LogP contribution < -0.4 is 10.6 Å². The van der Waals surface area contributed by atoms with Crippen molar-refractivity contribution in [3.8, 4) is 0 Å². The summed E-state index contributed by atoms with van der Waals surface area (Å²) in [7, 11) is 1.67. The van der Waals surface area contributed by atoms with Gasteiger partial charge in [0.15, 0.2) is 10.9 Å². The van der Waals surface area contributed by atoms with Crippen LogP contribution in [-0.4, -0.2) is 31.2 Å². The van der Waals surface area contributed by atoms with E-state index >= 15 is 0 Å². The molecule has 18 heavy (non-hydrogen) atoms. The van der Waals surface area contributed by atoms with Crippen molar-refractivity contribution in [1.29, 1.82) is 0 Å². The Labute approximate surface area is 113 Å². The molecule has 0 spiro atoms. The Morgan fingerprint density at radius 2 is 2.22 bits per heavy atom. The molecule has 0 heterocycles. The van der Waals surface area contributed by atoms with Gasteiger partial charge in [0.25, 0.3) is 0 Å². The number of hydrogen-bond acceptors (Lipinski definition) is 3. The van der Waals surface area contributed by atoms with Gasteiger partial charge in [-0.1, -0.05) is 12.1 Å². The number of nitrogens with one attached hydrogen (secondary N) is 2. The van der Waals surface area contributed by atoms with Crippen molar-refractivity contribution in [2.75, 3.05) is 25.6 Å². The Balaban J connectivity index is 2.44. The number of rotatable bonds is 6. The lowest BCUT2D eigenvalue weighted by molar-refractivity contribution is 0.101. The molecule has 0 aromatic heterocycles. The predicted molar refractivity (Wildman–Crippen MR) is 77.2 cm³/mol. The van der Waals surface area contributed by atoms with Gasteiger partial charge in [-0.05, 0) is 37.7 Å². The maximum atomic E-state index is 11.2. The van der Waals surface area contributed by atoms with Crippen LogP contribution in [0.1, 0.15) is 23.7 Å². The van der Waals surface area contributed by atoms with Crippen molar-refractivity contribution in [2.24, 2.45) is 0 Å². The Hall–Kier alpha value is -1.46. The first kappa shape index (κ1) is 14.6. The van der Waals surface area contributed by atoms with Crippen LogP contribution >= 0.6 is 12.2 Å². The third-order valence-electron chi connectivity index (χ3n) is 2.34. The standard InChI is InChI=1S/C13H18N2O2S/c1-10(16)11-5-3-6-12(9-11)15-13(18)14-7-4-8-17-2/h3,5-6,9H,4,7-8H2,1-2H3,(H2,14,15,18). The van der Waals surface area contributed by atoms with E-state index in [0.717, 1.165) is 18.7 Å². The number of hydrogen-bond donors (Lipinski definition) is 2. The van der Waals surface area contributed by atoms with E-state index in [1.165, 1.54) is 0 Å². The van der Waals surface area contributed by atoms with E-state index in [1.807, 2.05) is 12.1 Å². The molecular formula is C13H18N2O2S. The number of Topliss-reactive ketones (excluding diaryl/α,β-unsaturated/α-hetero) is 1. The van der Waals surface area contributed by atoms with Crippen molar-refractivity contribution in [3.63, 3.8) is 0 Å². The first-order valence-corrected chi connectivity index (χ1v) is 6.19. The predicted octanol–water partition coefficient (Wildman–Crippen LogP) is 2.21. The van der Waals surface area contributed by atoms with Crippen LogP contribution in [0.15, 0.2) is 24.3 Å². The van der Waals surface area contributed by atoms with Gasteiger partial charge in [-0.15, -0.1) is 0 Å². The number of anilines is 1. The fraction of sp³-hybridized carbons (Fsp3) is 0.385. The molecule has 1 rings (SSSR count). The van der Waals surface area contributed by atoms with E-state index < -0.39 is 0 Å². The van der Waals surface area contributed by atoms with Crippen LogP contribution in [0.5, 0.6) is 0 Å². The Bertz CT molecular complexity index is 421. The zero-order valence-corrected chi connectivity index (χ0v) is 11.5. The van der Waals surface area contributed by atoms with E-state index in [9.17, 15) is 4.79 Å². The molecule has 4 nitrogen and oxygen atoms in total. The SMILES string of the molecule is COCCCNC(=S)Nc1cccc(C(C)=O)c1. The first-order chi connectivity index (χ1) is 8.63. The number of ketones is 1. The van der Waals surface area contributed by atoms with Crippen LogP contribution in [0.2, 0.25) is 0 Å². The van der Waals surface area contributed by atoms with Crippen molar-refractivity contribution in [1.82, 2.24) is 5.32 Å². The molecule has 0 unspecified atom stereocenters. The molecule has 0 saturated carbocycles. The molecule has 98 valence electrons. The highest BCUT2D eigenvalue weighted by molar-refractivity contribution is 7.80. The summed E-state index contributed by atoms with van der Waals surface area (Å²) in [6.45, 7) is 3.00. The van der Waals surface area contributed by atoms with Gasteiger partial charge in [0.05, 0.1) is 0 Å². The molecule has 0 bridgehead atoms. The summed E-state index contributed by atoms with van der Waals surface area (Å²) in [4.78, 5) is 11.2. The van der Waals surface area contributed by atoms with Crippen molar-refractivity contribution in [2.45, 2.75) is 13.3 Å². The fourth-order valence-electron chi connectivity index (χ4n) is 1.41. The van der Waals surface area contributed by atoms with Crippen LogP contribution in [0.25, 0.3) is 0 Å². The molecule has 1 aromatic rings. The summed E-state index contributed by atoms with van der Waals surface area (Å²) in [6.07, 6.45) is 0.895. The molecule has 0 aliphatic heterocycles. The maximum absolute atomic E-state index is 11.2. The maximum Gasteiger partial charge on any atom is 0.170 e. The fourth-order valence-corrected chi connectivity index (χ4v) is 1.63. The van der Waals surface area contributed by atoms with Gasteiger partial charge in [0.1, 0.15) is 0 Å². The lowest BCUT2D eigenvalue weighted by Gasteiger charge is -2.10. The summed E-state index contributed by atoms with van der Waals surface area (Å²) >= 11 is 5.15. The molecule has 2 N–H and O–H groups in total. The van der Waals surface area contributed by atoms with Crippen molar-refractivity contribution >= 4 is 28.8 Å². The second-order valence-corrected chi connectivity index (χ2v) is 4.27. The summed E-state index contributed by atoms with van der Waals surface area (Å²) in [5.74, 6) is 0.0395. The van der Waals surface area contributed by atoms with Gasteiger partial charge >= 0.3 is 0 Å². The normalized spacial score (nSPS) is 9.89. The Kier molecular flexibility index (Phi) is 6.32. The molecule has 0 radical (unpaired) electrons. The average molecular weight is 266 g/mol. The number of thiocarbonyl (C=S) groups is 1. The molecule has 0 aliphatic rings. The monoisotopic (exact) mass is 266 g/mol. The van der Waals surface area contributed by atoms with Crippen LogP contribution in [0.4, 0.5) is 5.69 Å². The third-order valence-corrected chi connectivity index (χ3v) is 2.58. The van der Waals surface area contributed by atoms with Crippen LogP contribution in [0.3, 0.4) is 0 Å². The third kappa shape index (κ3) is 5.25. The smallest absolute Gasteiger partial charge is 0.170 e. The van der Waals surface area contributed by atoms with E-state index in [0.29, 0.717) is 17.3 Å². The quantitative estimate of drug-likeness (QED) is 0.470. The summed E-state index contributed by atoms with van der Waals surface area (Å²) in [5, 5.41) is 6.66. The van der Waals surface area contributed by atoms with E-state index in [4.69, 9.17) is 17.0 Å². The molecule has 0 aliphatic carbocycles. The Morgan fingerprint density at radius 3 is 2.89 bits per heavy atom. The van der Waals surface area contributed by atoms with Crippen LogP contribution in [0, 0.1) is 0 Å². The second-order valence-electron chi connectivity index (χ2n) is 3.86. The molecule has 0 saturated heterocycles. The number of carbonyl (C=O) groups is 1. The molecule has 0 fully saturated rings. The Morgan fingerprint density at radius 1 is 1.44 bits per heavy atom. The highest BCUT2D eigenvalue weighted by Crippen LogP contribution is 2.10. The summed E-state index contributed by atoms with van der Waals surface area (Å²) < 4.78 is 4.94. The van der Waals surface area contributed by atoms with E-state index in [1.54, 1.807) is 26.2 Å². The van der Waals surface area contributed by atoms with Crippen molar-refractivity contribution in [3.05, 3.63) is 29.8 Å². The highest BCUT2D eigenvalue weighted by Gasteiger charge is 2.01. The van der Waals surface area contributed by atoms with Gasteiger partial charge in [-0.3, -0.25) is 4.79 Å². The summed E-state index contributed by atoms with van der Waals surface area (Å²) in [5.41, 5.74) is 1.48. The zero-order valence-electron chi connectivity index (χ0n) is 10.7. The number of methoxy groups -OCH3 is 1. The molecular weight excluding hydrogens is 248 g/mol. The van der Waals surface area contributed by atoms with E-state index in [-0.39, 0.29) is 5.78 Å². The topological polar surface area (TPSA) is 50.4 Å². The summed E-state index contributed by atoms with van der Waals surface area (Å²) in [6, 6.07) is 7.26. The van der Waals surface area contributed by atoms with Gasteiger partial charge < -0.3 is 15.4 Å². The lowest BCUT2D eigenvalue weighted by Crippen LogP contribution is -2.29. The second kappa shape index (κ2) is 7.79. The highest BCUT2D eigenvalue weighted by atomic mass is 32.1. The van der Waals surface area contributed by atoms with Gasteiger partial charge in [-0.25, -0.2) is 0 Å². The largest absolute Gasteiger partial charge is 0.385 e. The van der Waals surface area contributed by atoms with Crippen molar-refractivity contribution < 1.29 is 9.53 Å². The zero-order chi connectivity index (χ0) is 13.4. The minimum atomic E-state index is 0.0395. The first-order valence-electron chi connectivity index (χ1n) is 5.78. The molecule has 1 aromatic carbocycles. The van der Waals surface area contributed by atoms with Gasteiger partial charge in [0.2, 0.25) is 0 Å². The lowest BCUT2D eigenvalue weighted by atomic mass is 10.1. The molecule has 0 atom stereocenters. The number of benzene rings is 1. The van der Waals surface area contributed by atoms with Gasteiger partial charge in [0, 0.05) is 31.5 Å².